The molecular weight excluding hydrogens is 506 g/mol. The molecule has 1 N–H and O–H groups in total. The first-order chi connectivity index (χ1) is 17.0. The number of amides is 1. The van der Waals surface area contributed by atoms with E-state index in [9.17, 15) is 4.79 Å². The van der Waals surface area contributed by atoms with E-state index in [2.05, 4.69) is 50.4 Å². The summed E-state index contributed by atoms with van der Waals surface area (Å²) in [7, 11) is 0. The lowest BCUT2D eigenvalue weighted by Crippen LogP contribution is -2.19. The number of hydrogen-bond acceptors (Lipinski definition) is 5. The number of rotatable bonds is 9. The predicted octanol–water partition coefficient (Wildman–Crippen LogP) is 6.10. The van der Waals surface area contributed by atoms with Gasteiger partial charge in [0.15, 0.2) is 11.5 Å². The molecule has 6 nitrogen and oxygen atoms in total. The van der Waals surface area contributed by atoms with Gasteiger partial charge in [0.2, 0.25) is 0 Å². The largest absolute Gasteiger partial charge is 0.490 e. The molecule has 182 valence electrons. The molecule has 0 bridgehead atoms. The van der Waals surface area contributed by atoms with E-state index >= 15 is 0 Å². The Labute approximate surface area is 215 Å². The molecule has 0 saturated carbocycles. The van der Waals surface area contributed by atoms with Crippen LogP contribution in [0.15, 0.2) is 70.2 Å². The Balaban J connectivity index is 1.40. The second kappa shape index (κ2) is 11.9. The maximum atomic E-state index is 12.5. The van der Waals surface area contributed by atoms with Crippen LogP contribution in [0.4, 0.5) is 5.69 Å². The highest BCUT2D eigenvalue weighted by atomic mass is 79.9. The molecule has 0 unspecified atom stereocenters. The molecule has 1 amide bonds. The third kappa shape index (κ3) is 6.63. The fraction of sp³-hybridized carbons (Fsp3) is 0.286. The standard InChI is InChI=1S/C28H30BrN3O3/c1-3-34-26-17-22(16-25(29)27(26)35-19-21-8-6-20(2)7-9-21)18-30-31-28(33)23-10-12-24(13-11-23)32-14-4-5-15-32/h6-13,16-18H,3-5,14-15,19H2,1-2H3,(H,31,33)/b30-18-. The second-order valence-corrected chi connectivity index (χ2v) is 9.33. The Bertz CT molecular complexity index is 1170. The molecule has 4 rings (SSSR count). The molecule has 1 heterocycles. The first-order valence-corrected chi connectivity index (χ1v) is 12.7. The molecule has 0 radical (unpaired) electrons. The Morgan fingerprint density at radius 2 is 1.77 bits per heavy atom. The monoisotopic (exact) mass is 535 g/mol. The summed E-state index contributed by atoms with van der Waals surface area (Å²) in [5.41, 5.74) is 7.38. The van der Waals surface area contributed by atoms with E-state index in [1.54, 1.807) is 6.21 Å². The van der Waals surface area contributed by atoms with Crippen molar-refractivity contribution in [3.8, 4) is 11.5 Å². The maximum Gasteiger partial charge on any atom is 0.271 e. The summed E-state index contributed by atoms with van der Waals surface area (Å²) in [5, 5.41) is 4.14. The SMILES string of the molecule is CCOc1cc(/C=N\NC(=O)c2ccc(N3CCCC3)cc2)cc(Br)c1OCc1ccc(C)cc1. The lowest BCUT2D eigenvalue weighted by molar-refractivity contribution is 0.0955. The van der Waals surface area contributed by atoms with Crippen LogP contribution in [0, 0.1) is 6.92 Å². The fourth-order valence-electron chi connectivity index (χ4n) is 3.93. The zero-order valence-corrected chi connectivity index (χ0v) is 21.7. The molecule has 0 aromatic heterocycles. The summed E-state index contributed by atoms with van der Waals surface area (Å²) in [6.45, 7) is 7.06. The summed E-state index contributed by atoms with van der Waals surface area (Å²) in [4.78, 5) is 14.8. The smallest absolute Gasteiger partial charge is 0.271 e. The fourth-order valence-corrected chi connectivity index (χ4v) is 4.51. The molecule has 0 aliphatic carbocycles. The second-order valence-electron chi connectivity index (χ2n) is 8.48. The molecule has 7 heteroatoms. The molecule has 0 atom stereocenters. The van der Waals surface area contributed by atoms with Crippen LogP contribution in [0.25, 0.3) is 0 Å². The topological polar surface area (TPSA) is 63.2 Å². The van der Waals surface area contributed by atoms with Gasteiger partial charge in [-0.25, -0.2) is 5.43 Å². The van der Waals surface area contributed by atoms with Crippen molar-refractivity contribution in [1.82, 2.24) is 5.43 Å². The average Bonchev–Trinajstić information content (AvgIpc) is 3.40. The Hall–Kier alpha value is -3.32. The van der Waals surface area contributed by atoms with Crippen LogP contribution in [-0.4, -0.2) is 31.8 Å². The lowest BCUT2D eigenvalue weighted by Gasteiger charge is -2.17. The molecule has 3 aromatic rings. The lowest BCUT2D eigenvalue weighted by atomic mass is 10.1. The number of halogens is 1. The Kier molecular flexibility index (Phi) is 8.42. The number of hydrogen-bond donors (Lipinski definition) is 1. The van der Waals surface area contributed by atoms with Crippen molar-refractivity contribution >= 4 is 33.7 Å². The average molecular weight is 536 g/mol. The van der Waals surface area contributed by atoms with Crippen molar-refractivity contribution in [3.05, 3.63) is 87.4 Å². The zero-order chi connectivity index (χ0) is 24.6. The van der Waals surface area contributed by atoms with Gasteiger partial charge in [-0.1, -0.05) is 29.8 Å². The summed E-state index contributed by atoms with van der Waals surface area (Å²) in [6.07, 6.45) is 4.03. The number of carbonyl (C=O) groups excluding carboxylic acids is 1. The molecule has 0 spiro atoms. The number of nitrogens with zero attached hydrogens (tertiary/aromatic N) is 2. The minimum atomic E-state index is -0.253. The number of nitrogens with one attached hydrogen (secondary N) is 1. The van der Waals surface area contributed by atoms with Crippen molar-refractivity contribution in [2.45, 2.75) is 33.3 Å². The van der Waals surface area contributed by atoms with Crippen molar-refractivity contribution in [1.29, 1.82) is 0 Å². The van der Waals surface area contributed by atoms with E-state index in [4.69, 9.17) is 9.47 Å². The zero-order valence-electron chi connectivity index (χ0n) is 20.1. The highest BCUT2D eigenvalue weighted by Gasteiger charge is 2.14. The van der Waals surface area contributed by atoms with Crippen LogP contribution in [0.2, 0.25) is 0 Å². The van der Waals surface area contributed by atoms with Gasteiger partial charge >= 0.3 is 0 Å². The molecule has 3 aromatic carbocycles. The Morgan fingerprint density at radius 1 is 1.06 bits per heavy atom. The van der Waals surface area contributed by atoms with Crippen LogP contribution in [0.1, 0.15) is 46.8 Å². The molecule has 1 aliphatic heterocycles. The summed E-state index contributed by atoms with van der Waals surface area (Å²) >= 11 is 3.59. The molecule has 1 saturated heterocycles. The van der Waals surface area contributed by atoms with E-state index in [1.165, 1.54) is 18.4 Å². The first kappa shape index (κ1) is 24.8. The van der Waals surface area contributed by atoms with Gasteiger partial charge < -0.3 is 14.4 Å². The molecule has 1 fully saturated rings. The van der Waals surface area contributed by atoms with Crippen LogP contribution in [0.3, 0.4) is 0 Å². The van der Waals surface area contributed by atoms with E-state index < -0.39 is 0 Å². The van der Waals surface area contributed by atoms with E-state index in [1.807, 2.05) is 55.5 Å². The normalized spacial score (nSPS) is 13.3. The van der Waals surface area contributed by atoms with Crippen molar-refractivity contribution in [2.75, 3.05) is 24.6 Å². The van der Waals surface area contributed by atoms with Gasteiger partial charge in [-0.2, -0.15) is 5.10 Å². The number of aryl methyl sites for hydroxylation is 1. The van der Waals surface area contributed by atoms with E-state index in [0.29, 0.717) is 30.3 Å². The number of benzene rings is 3. The number of anilines is 1. The number of hydrazone groups is 1. The number of ether oxygens (including phenoxy) is 2. The highest BCUT2D eigenvalue weighted by Crippen LogP contribution is 2.37. The highest BCUT2D eigenvalue weighted by molar-refractivity contribution is 9.10. The van der Waals surface area contributed by atoms with Gasteiger partial charge in [0.05, 0.1) is 17.3 Å². The van der Waals surface area contributed by atoms with Crippen LogP contribution < -0.4 is 19.8 Å². The van der Waals surface area contributed by atoms with Gasteiger partial charge in [-0.3, -0.25) is 4.79 Å². The van der Waals surface area contributed by atoms with Crippen LogP contribution in [0.5, 0.6) is 11.5 Å². The first-order valence-electron chi connectivity index (χ1n) is 11.9. The van der Waals surface area contributed by atoms with Gasteiger partial charge in [-0.05, 0) is 90.1 Å². The minimum absolute atomic E-state index is 0.253. The third-order valence-corrected chi connectivity index (χ3v) is 6.40. The third-order valence-electron chi connectivity index (χ3n) is 5.82. The Morgan fingerprint density at radius 3 is 2.46 bits per heavy atom. The van der Waals surface area contributed by atoms with Crippen LogP contribution in [-0.2, 0) is 6.61 Å². The maximum absolute atomic E-state index is 12.5. The van der Waals surface area contributed by atoms with Gasteiger partial charge in [0.1, 0.15) is 6.61 Å². The van der Waals surface area contributed by atoms with Crippen molar-refractivity contribution in [3.63, 3.8) is 0 Å². The number of carbonyl (C=O) groups is 1. The summed E-state index contributed by atoms with van der Waals surface area (Å²) < 4.78 is 12.6. The predicted molar refractivity (Wildman–Crippen MR) is 144 cm³/mol. The van der Waals surface area contributed by atoms with E-state index in [-0.39, 0.29) is 5.91 Å². The van der Waals surface area contributed by atoms with Crippen LogP contribution >= 0.6 is 15.9 Å². The molecule has 1 aliphatic rings. The summed E-state index contributed by atoms with van der Waals surface area (Å²) in [6, 6.07) is 19.6. The molecule has 35 heavy (non-hydrogen) atoms. The van der Waals surface area contributed by atoms with E-state index in [0.717, 1.165) is 34.4 Å². The van der Waals surface area contributed by atoms with Crippen molar-refractivity contribution < 1.29 is 14.3 Å². The van der Waals surface area contributed by atoms with Gasteiger partial charge in [0, 0.05) is 24.3 Å². The summed E-state index contributed by atoms with van der Waals surface area (Å²) in [5.74, 6) is 0.988. The molecular formula is C28H30BrN3O3. The van der Waals surface area contributed by atoms with Gasteiger partial charge in [-0.15, -0.1) is 0 Å². The quantitative estimate of drug-likeness (QED) is 0.265. The van der Waals surface area contributed by atoms with Crippen molar-refractivity contribution in [2.24, 2.45) is 5.10 Å². The van der Waals surface area contributed by atoms with Gasteiger partial charge in [0.25, 0.3) is 5.91 Å². The minimum Gasteiger partial charge on any atom is -0.490 e.